The number of aryl methyl sites for hydroxylation is 3. The Morgan fingerprint density at radius 3 is 2.73 bits per heavy atom. The van der Waals surface area contributed by atoms with Crippen LogP contribution in [-0.2, 0) is 23.2 Å². The number of amides is 2. The van der Waals surface area contributed by atoms with E-state index in [1.807, 2.05) is 63.4 Å². The van der Waals surface area contributed by atoms with Crippen LogP contribution in [0.3, 0.4) is 0 Å². The highest BCUT2D eigenvalue weighted by molar-refractivity contribution is 6.00. The van der Waals surface area contributed by atoms with Gasteiger partial charge in [0.25, 0.3) is 0 Å². The summed E-state index contributed by atoms with van der Waals surface area (Å²) in [7, 11) is 1.85. The number of carbonyl (C=O) groups excluding carboxylic acids is 2. The molecule has 154 valence electrons. The Morgan fingerprint density at radius 2 is 2.00 bits per heavy atom. The summed E-state index contributed by atoms with van der Waals surface area (Å²) in [5, 5.41) is 7.40. The number of carbonyl (C=O) groups is 2. The van der Waals surface area contributed by atoms with Gasteiger partial charge in [0.2, 0.25) is 11.8 Å². The predicted octanol–water partition coefficient (Wildman–Crippen LogP) is 2.77. The van der Waals surface area contributed by atoms with E-state index in [1.54, 1.807) is 15.8 Å². The van der Waals surface area contributed by atoms with E-state index in [0.717, 1.165) is 28.3 Å². The largest absolute Gasteiger partial charge is 0.350 e. The third-order valence-corrected chi connectivity index (χ3v) is 5.60. The van der Waals surface area contributed by atoms with Crippen molar-refractivity contribution in [3.8, 4) is 11.4 Å². The van der Waals surface area contributed by atoms with Gasteiger partial charge in [-0.25, -0.2) is 0 Å². The minimum Gasteiger partial charge on any atom is -0.350 e. The Hall–Kier alpha value is -3.48. The summed E-state index contributed by atoms with van der Waals surface area (Å²) in [4.78, 5) is 31.2. The molecular weight excluding hydrogens is 378 g/mol. The van der Waals surface area contributed by atoms with Crippen LogP contribution in [0.25, 0.3) is 11.4 Å². The van der Waals surface area contributed by atoms with Crippen LogP contribution in [0.4, 0.5) is 5.69 Å². The van der Waals surface area contributed by atoms with Crippen LogP contribution in [0.5, 0.6) is 0 Å². The van der Waals surface area contributed by atoms with E-state index in [4.69, 9.17) is 0 Å². The number of nitrogens with zero attached hydrogens (tertiary/aromatic N) is 4. The van der Waals surface area contributed by atoms with Crippen molar-refractivity contribution in [1.82, 2.24) is 20.1 Å². The molecule has 1 fully saturated rings. The van der Waals surface area contributed by atoms with Gasteiger partial charge in [-0.05, 0) is 55.3 Å². The summed E-state index contributed by atoms with van der Waals surface area (Å²) in [5.74, 6) is -0.508. The lowest BCUT2D eigenvalue weighted by Crippen LogP contribution is -2.32. The summed E-state index contributed by atoms with van der Waals surface area (Å²) in [5.41, 5.74) is 5.63. The highest BCUT2D eigenvalue weighted by Gasteiger charge is 2.35. The quantitative estimate of drug-likeness (QED) is 0.710. The second kappa shape index (κ2) is 8.10. The Kier molecular flexibility index (Phi) is 5.35. The molecule has 0 saturated carbocycles. The molecule has 1 aromatic carbocycles. The number of nitrogens with one attached hydrogen (secondary N) is 1. The molecule has 1 aliphatic heterocycles. The van der Waals surface area contributed by atoms with Gasteiger partial charge in [0.1, 0.15) is 0 Å². The molecule has 3 aromatic rings. The highest BCUT2D eigenvalue weighted by atomic mass is 16.2. The lowest BCUT2D eigenvalue weighted by molar-refractivity contribution is -0.126. The fourth-order valence-electron chi connectivity index (χ4n) is 3.72. The van der Waals surface area contributed by atoms with Crippen LogP contribution in [0.1, 0.15) is 23.2 Å². The van der Waals surface area contributed by atoms with E-state index in [1.165, 1.54) is 5.56 Å². The molecule has 7 heteroatoms. The number of hydrogen-bond acceptors (Lipinski definition) is 4. The number of anilines is 1. The first-order chi connectivity index (χ1) is 14.4. The molecule has 1 atom stereocenters. The topological polar surface area (TPSA) is 80.1 Å². The number of pyridine rings is 1. The molecule has 2 aromatic heterocycles. The van der Waals surface area contributed by atoms with Crippen molar-refractivity contribution < 1.29 is 9.59 Å². The predicted molar refractivity (Wildman–Crippen MR) is 115 cm³/mol. The fraction of sp³-hybridized carbons (Fsp3) is 0.304. The van der Waals surface area contributed by atoms with Gasteiger partial charge in [-0.3, -0.25) is 19.3 Å². The molecule has 7 nitrogen and oxygen atoms in total. The van der Waals surface area contributed by atoms with Crippen LogP contribution in [0.15, 0.2) is 48.7 Å². The molecule has 1 N–H and O–H groups in total. The maximum atomic E-state index is 12.7. The molecule has 3 heterocycles. The maximum Gasteiger partial charge on any atom is 0.227 e. The lowest BCUT2D eigenvalue weighted by Gasteiger charge is -2.18. The second-order valence-electron chi connectivity index (χ2n) is 7.75. The van der Waals surface area contributed by atoms with Gasteiger partial charge in [0.15, 0.2) is 0 Å². The van der Waals surface area contributed by atoms with E-state index in [9.17, 15) is 9.59 Å². The summed E-state index contributed by atoms with van der Waals surface area (Å²) in [6.07, 6.45) is 1.96. The van der Waals surface area contributed by atoms with Gasteiger partial charge in [0, 0.05) is 31.9 Å². The molecule has 0 aliphatic carbocycles. The minimum absolute atomic E-state index is 0.0197. The van der Waals surface area contributed by atoms with Gasteiger partial charge >= 0.3 is 0 Å². The van der Waals surface area contributed by atoms with Crippen molar-refractivity contribution in [3.63, 3.8) is 0 Å². The van der Waals surface area contributed by atoms with Gasteiger partial charge < -0.3 is 10.2 Å². The monoisotopic (exact) mass is 403 g/mol. The number of benzene rings is 1. The van der Waals surface area contributed by atoms with E-state index >= 15 is 0 Å². The SMILES string of the molecule is Cc1ccc(N2CC(C(=O)NCc3cc(-c4ccccn4)n(C)n3)CC2=O)cc1C. The van der Waals surface area contributed by atoms with Crippen molar-refractivity contribution >= 4 is 17.5 Å². The molecule has 1 saturated heterocycles. The second-order valence-corrected chi connectivity index (χ2v) is 7.75. The van der Waals surface area contributed by atoms with Gasteiger partial charge in [-0.1, -0.05) is 12.1 Å². The smallest absolute Gasteiger partial charge is 0.227 e. The lowest BCUT2D eigenvalue weighted by atomic mass is 10.1. The average molecular weight is 403 g/mol. The molecule has 4 rings (SSSR count). The molecule has 0 radical (unpaired) electrons. The van der Waals surface area contributed by atoms with E-state index in [0.29, 0.717) is 13.1 Å². The molecule has 2 amide bonds. The highest BCUT2D eigenvalue weighted by Crippen LogP contribution is 2.27. The third-order valence-electron chi connectivity index (χ3n) is 5.60. The number of hydrogen-bond donors (Lipinski definition) is 1. The van der Waals surface area contributed by atoms with Crippen LogP contribution < -0.4 is 10.2 Å². The zero-order valence-electron chi connectivity index (χ0n) is 17.4. The first kappa shape index (κ1) is 19.8. The first-order valence-electron chi connectivity index (χ1n) is 10.0. The molecule has 0 bridgehead atoms. The minimum atomic E-state index is -0.363. The molecule has 30 heavy (non-hydrogen) atoms. The summed E-state index contributed by atoms with van der Waals surface area (Å²) in [6, 6.07) is 13.6. The summed E-state index contributed by atoms with van der Waals surface area (Å²) >= 11 is 0. The number of aromatic nitrogens is 3. The van der Waals surface area contributed by atoms with Crippen molar-refractivity contribution in [2.45, 2.75) is 26.8 Å². The Morgan fingerprint density at radius 1 is 1.17 bits per heavy atom. The van der Waals surface area contributed by atoms with Crippen LogP contribution in [0, 0.1) is 19.8 Å². The Balaban J connectivity index is 1.39. The summed E-state index contributed by atoms with van der Waals surface area (Å²) in [6.45, 7) is 4.77. The van der Waals surface area contributed by atoms with E-state index in [-0.39, 0.29) is 24.2 Å². The number of rotatable bonds is 5. The molecule has 1 aliphatic rings. The first-order valence-corrected chi connectivity index (χ1v) is 10.0. The fourth-order valence-corrected chi connectivity index (χ4v) is 3.72. The zero-order chi connectivity index (χ0) is 21.3. The standard InChI is InChI=1S/C23H25N5O2/c1-15-7-8-19(10-16(15)2)28-14-17(11-22(28)29)23(30)25-13-18-12-21(27(3)26-18)20-6-4-5-9-24-20/h4-10,12,17H,11,13-14H2,1-3H3,(H,25,30). The van der Waals surface area contributed by atoms with Crippen LogP contribution in [-0.4, -0.2) is 33.1 Å². The summed E-state index contributed by atoms with van der Waals surface area (Å²) < 4.78 is 1.75. The van der Waals surface area contributed by atoms with E-state index in [2.05, 4.69) is 15.4 Å². The Bertz CT molecular complexity index is 1090. The van der Waals surface area contributed by atoms with Gasteiger partial charge in [-0.15, -0.1) is 0 Å². The molecule has 1 unspecified atom stereocenters. The zero-order valence-corrected chi connectivity index (χ0v) is 17.4. The molecule has 0 spiro atoms. The van der Waals surface area contributed by atoms with Crippen molar-refractivity contribution in [2.75, 3.05) is 11.4 Å². The maximum absolute atomic E-state index is 12.7. The van der Waals surface area contributed by atoms with Crippen molar-refractivity contribution in [1.29, 1.82) is 0 Å². The molecular formula is C23H25N5O2. The van der Waals surface area contributed by atoms with Gasteiger partial charge in [0.05, 0.1) is 29.5 Å². The van der Waals surface area contributed by atoms with Crippen molar-refractivity contribution in [2.24, 2.45) is 13.0 Å². The Labute approximate surface area is 175 Å². The van der Waals surface area contributed by atoms with E-state index < -0.39 is 0 Å². The van der Waals surface area contributed by atoms with Crippen molar-refractivity contribution in [3.05, 3.63) is 65.5 Å². The van der Waals surface area contributed by atoms with Crippen LogP contribution >= 0.6 is 0 Å². The van der Waals surface area contributed by atoms with Crippen LogP contribution in [0.2, 0.25) is 0 Å². The van der Waals surface area contributed by atoms with Gasteiger partial charge in [-0.2, -0.15) is 5.10 Å². The third kappa shape index (κ3) is 3.96. The average Bonchev–Trinajstić information content (AvgIpc) is 3.31. The normalized spacial score (nSPS) is 16.2.